The Morgan fingerprint density at radius 1 is 1.62 bits per heavy atom. The van der Waals surface area contributed by atoms with E-state index in [-0.39, 0.29) is 0 Å². The summed E-state index contributed by atoms with van der Waals surface area (Å²) < 4.78 is 8.42. The molecule has 0 amide bonds. The van der Waals surface area contributed by atoms with Crippen LogP contribution in [0.5, 0.6) is 5.06 Å². The smallest absolute Gasteiger partial charge is 0.184 e. The number of fused-ring (bicyclic) bond motifs is 3. The van der Waals surface area contributed by atoms with Gasteiger partial charge in [-0.05, 0) is 22.0 Å². The predicted octanol–water partition coefficient (Wildman–Crippen LogP) is 2.58. The van der Waals surface area contributed by atoms with Gasteiger partial charge in [-0.3, -0.25) is 9.48 Å². The molecule has 0 fully saturated rings. The molecule has 16 heavy (non-hydrogen) atoms. The second kappa shape index (κ2) is 3.71. The molecule has 2 aromatic rings. The number of carbonyl (C=O) groups is 1. The number of hydrogen-bond acceptors (Lipinski definition) is 4. The minimum atomic E-state index is 0.576. The van der Waals surface area contributed by atoms with Gasteiger partial charge >= 0.3 is 0 Å². The zero-order valence-corrected chi connectivity index (χ0v) is 10.5. The highest BCUT2D eigenvalue weighted by Crippen LogP contribution is 2.42. The fourth-order valence-electron chi connectivity index (χ4n) is 1.75. The maximum atomic E-state index is 10.8. The summed E-state index contributed by atoms with van der Waals surface area (Å²) in [5.41, 5.74) is 1.92. The van der Waals surface area contributed by atoms with E-state index >= 15 is 0 Å². The minimum Gasteiger partial charge on any atom is -0.481 e. The Morgan fingerprint density at radius 3 is 3.31 bits per heavy atom. The summed E-state index contributed by atoms with van der Waals surface area (Å²) in [6.07, 6.45) is 2.61. The van der Waals surface area contributed by atoms with Crippen molar-refractivity contribution in [2.24, 2.45) is 0 Å². The molecule has 0 unspecified atom stereocenters. The molecular weight excluding hydrogens is 292 g/mol. The first-order chi connectivity index (χ1) is 7.79. The van der Waals surface area contributed by atoms with E-state index in [4.69, 9.17) is 4.74 Å². The third kappa shape index (κ3) is 1.41. The molecule has 82 valence electrons. The van der Waals surface area contributed by atoms with Crippen LogP contribution in [0.4, 0.5) is 0 Å². The van der Waals surface area contributed by atoms with E-state index in [2.05, 4.69) is 21.0 Å². The SMILES string of the molecule is O=Cc1cc2c(s1)OCCn1ncc(Br)c1-2. The Hall–Kier alpha value is -1.14. The molecule has 3 rings (SSSR count). The van der Waals surface area contributed by atoms with Crippen LogP contribution in [-0.2, 0) is 6.54 Å². The van der Waals surface area contributed by atoms with E-state index in [1.54, 1.807) is 6.20 Å². The van der Waals surface area contributed by atoms with Gasteiger partial charge in [0.2, 0.25) is 0 Å². The maximum absolute atomic E-state index is 10.8. The molecule has 1 aliphatic rings. The zero-order valence-electron chi connectivity index (χ0n) is 8.14. The summed E-state index contributed by atoms with van der Waals surface area (Å²) in [5, 5.41) is 5.05. The minimum absolute atomic E-state index is 0.576. The van der Waals surface area contributed by atoms with E-state index in [0.29, 0.717) is 11.5 Å². The van der Waals surface area contributed by atoms with Crippen LogP contribution >= 0.6 is 27.3 Å². The second-order valence-corrected chi connectivity index (χ2v) is 5.28. The number of thiophene rings is 1. The zero-order chi connectivity index (χ0) is 11.1. The van der Waals surface area contributed by atoms with Gasteiger partial charge in [0.05, 0.1) is 33.3 Å². The van der Waals surface area contributed by atoms with Gasteiger partial charge in [0.1, 0.15) is 6.61 Å². The average Bonchev–Trinajstić information content (AvgIpc) is 2.79. The molecule has 0 atom stereocenters. The number of ether oxygens (including phenoxy) is 1. The summed E-state index contributed by atoms with van der Waals surface area (Å²) in [5.74, 6) is 0. The van der Waals surface area contributed by atoms with Crippen molar-refractivity contribution in [2.75, 3.05) is 6.61 Å². The van der Waals surface area contributed by atoms with Crippen LogP contribution < -0.4 is 4.74 Å². The number of hydrogen-bond donors (Lipinski definition) is 0. The molecule has 0 N–H and O–H groups in total. The van der Waals surface area contributed by atoms with Gasteiger partial charge < -0.3 is 4.74 Å². The predicted molar refractivity (Wildman–Crippen MR) is 64.1 cm³/mol. The number of aromatic nitrogens is 2. The van der Waals surface area contributed by atoms with Crippen LogP contribution in [0, 0.1) is 0 Å². The molecule has 3 heterocycles. The molecule has 0 saturated heterocycles. The summed E-state index contributed by atoms with van der Waals surface area (Å²) in [7, 11) is 0. The molecule has 6 heteroatoms. The molecule has 0 aromatic carbocycles. The lowest BCUT2D eigenvalue weighted by Crippen LogP contribution is -2.06. The fraction of sp³-hybridized carbons (Fsp3) is 0.200. The molecule has 0 saturated carbocycles. The summed E-state index contributed by atoms with van der Waals surface area (Å²) in [6, 6.07) is 1.84. The summed E-state index contributed by atoms with van der Waals surface area (Å²) in [4.78, 5) is 11.4. The molecule has 0 spiro atoms. The first-order valence-electron chi connectivity index (χ1n) is 4.73. The van der Waals surface area contributed by atoms with Crippen molar-refractivity contribution >= 4 is 33.6 Å². The Kier molecular flexibility index (Phi) is 2.33. The van der Waals surface area contributed by atoms with Gasteiger partial charge in [-0.25, -0.2) is 0 Å². The molecule has 0 aliphatic carbocycles. The van der Waals surface area contributed by atoms with Crippen molar-refractivity contribution in [3.05, 3.63) is 21.6 Å². The normalized spacial score (nSPS) is 13.6. The summed E-state index contributed by atoms with van der Waals surface area (Å²) in [6.45, 7) is 1.30. The second-order valence-electron chi connectivity index (χ2n) is 3.38. The van der Waals surface area contributed by atoms with Gasteiger partial charge in [0, 0.05) is 0 Å². The molecular formula is C10H7BrN2O2S. The Bertz CT molecular complexity index is 561. The Balaban J connectivity index is 2.26. The third-order valence-electron chi connectivity index (χ3n) is 2.42. The molecule has 4 nitrogen and oxygen atoms in total. The quantitative estimate of drug-likeness (QED) is 0.760. The van der Waals surface area contributed by atoms with Crippen LogP contribution in [0.1, 0.15) is 9.67 Å². The lowest BCUT2D eigenvalue weighted by molar-refractivity contribution is 0.112. The fourth-order valence-corrected chi connectivity index (χ4v) is 3.10. The molecule has 0 bridgehead atoms. The standard InChI is InChI=1S/C10H7BrN2O2S/c11-8-4-12-13-1-2-15-10-7(9(8)13)3-6(5-14)16-10/h3-5H,1-2H2. The molecule has 1 aliphatic heterocycles. The Labute approximate surface area is 104 Å². The average molecular weight is 299 g/mol. The highest BCUT2D eigenvalue weighted by atomic mass is 79.9. The monoisotopic (exact) mass is 298 g/mol. The number of carbonyl (C=O) groups excluding carboxylic acids is 1. The molecule has 2 aromatic heterocycles. The topological polar surface area (TPSA) is 44.1 Å². The van der Waals surface area contributed by atoms with Crippen LogP contribution in [0.2, 0.25) is 0 Å². The van der Waals surface area contributed by atoms with Crippen LogP contribution in [0.25, 0.3) is 11.3 Å². The van der Waals surface area contributed by atoms with Crippen LogP contribution in [-0.4, -0.2) is 22.7 Å². The van der Waals surface area contributed by atoms with Crippen molar-refractivity contribution in [3.63, 3.8) is 0 Å². The van der Waals surface area contributed by atoms with Crippen molar-refractivity contribution in [3.8, 4) is 16.3 Å². The lowest BCUT2D eigenvalue weighted by atomic mass is 10.2. The van der Waals surface area contributed by atoms with E-state index < -0.39 is 0 Å². The van der Waals surface area contributed by atoms with Gasteiger partial charge in [-0.15, -0.1) is 0 Å². The maximum Gasteiger partial charge on any atom is 0.184 e. The number of aldehydes is 1. The van der Waals surface area contributed by atoms with Crippen molar-refractivity contribution in [1.82, 2.24) is 9.78 Å². The number of nitrogens with zero attached hydrogens (tertiary/aromatic N) is 2. The number of rotatable bonds is 1. The first-order valence-corrected chi connectivity index (χ1v) is 6.34. The van der Waals surface area contributed by atoms with E-state index in [9.17, 15) is 4.79 Å². The van der Waals surface area contributed by atoms with Gasteiger partial charge in [0.25, 0.3) is 0 Å². The third-order valence-corrected chi connectivity index (χ3v) is 3.97. The van der Waals surface area contributed by atoms with Gasteiger partial charge in [-0.1, -0.05) is 11.3 Å². The first kappa shape index (κ1) is 10.0. The van der Waals surface area contributed by atoms with Gasteiger partial charge in [0.15, 0.2) is 11.3 Å². The van der Waals surface area contributed by atoms with E-state index in [0.717, 1.165) is 33.6 Å². The Morgan fingerprint density at radius 2 is 2.50 bits per heavy atom. The van der Waals surface area contributed by atoms with E-state index in [1.165, 1.54) is 11.3 Å². The van der Waals surface area contributed by atoms with Crippen LogP contribution in [0.15, 0.2) is 16.7 Å². The van der Waals surface area contributed by atoms with E-state index in [1.807, 2.05) is 10.7 Å². The number of halogens is 1. The molecule has 0 radical (unpaired) electrons. The van der Waals surface area contributed by atoms with Gasteiger partial charge in [-0.2, -0.15) is 5.10 Å². The van der Waals surface area contributed by atoms with Crippen molar-refractivity contribution < 1.29 is 9.53 Å². The van der Waals surface area contributed by atoms with Crippen molar-refractivity contribution in [1.29, 1.82) is 0 Å². The van der Waals surface area contributed by atoms with Crippen molar-refractivity contribution in [2.45, 2.75) is 6.54 Å². The highest BCUT2D eigenvalue weighted by molar-refractivity contribution is 9.10. The summed E-state index contributed by atoms with van der Waals surface area (Å²) >= 11 is 4.84. The van der Waals surface area contributed by atoms with Crippen LogP contribution in [0.3, 0.4) is 0 Å². The lowest BCUT2D eigenvalue weighted by Gasteiger charge is -2.00. The highest BCUT2D eigenvalue weighted by Gasteiger charge is 2.21. The largest absolute Gasteiger partial charge is 0.481 e.